The maximum atomic E-state index is 12.0. The molecular formula is C18H31NO5. The number of piperidine rings is 1. The van der Waals surface area contributed by atoms with Crippen LogP contribution in [0, 0.1) is 0 Å². The minimum Gasteiger partial charge on any atom is -0.390 e. The Kier molecular flexibility index (Phi) is 7.68. The van der Waals surface area contributed by atoms with Crippen LogP contribution in [0.4, 0.5) is 0 Å². The van der Waals surface area contributed by atoms with Gasteiger partial charge in [0.15, 0.2) is 6.29 Å². The van der Waals surface area contributed by atoms with Crippen molar-refractivity contribution in [2.24, 2.45) is 0 Å². The van der Waals surface area contributed by atoms with Gasteiger partial charge < -0.3 is 24.6 Å². The molecule has 6 heteroatoms. The Labute approximate surface area is 144 Å². The molecule has 138 valence electrons. The van der Waals surface area contributed by atoms with E-state index in [4.69, 9.17) is 9.47 Å². The fourth-order valence-electron chi connectivity index (χ4n) is 3.10. The van der Waals surface area contributed by atoms with E-state index in [1.54, 1.807) is 13.0 Å². The van der Waals surface area contributed by atoms with Crippen molar-refractivity contribution in [1.82, 2.24) is 4.90 Å². The van der Waals surface area contributed by atoms with Crippen LogP contribution in [0.3, 0.4) is 0 Å². The number of hydrogen-bond acceptors (Lipinski definition) is 5. The van der Waals surface area contributed by atoms with E-state index in [0.29, 0.717) is 0 Å². The molecule has 0 aromatic rings. The van der Waals surface area contributed by atoms with Crippen molar-refractivity contribution in [2.45, 2.75) is 83.1 Å². The second kappa shape index (κ2) is 9.51. The summed E-state index contributed by atoms with van der Waals surface area (Å²) in [6.07, 6.45) is 6.11. The molecule has 0 bridgehead atoms. The standard InChI is InChI=1S/C18H31NO5/c1-13(23-18-16(21)12-15(20)14(2)24-18)8-4-5-9-17(22)19-10-6-3-7-11-19/h5,9,13-16,18,20-21H,3-4,6-8,10-12H2,1-2H3/b9-5+/t13-,14+,15?,16-,18?/m1/s1. The molecule has 2 unspecified atom stereocenters. The summed E-state index contributed by atoms with van der Waals surface area (Å²) in [5.41, 5.74) is 0. The van der Waals surface area contributed by atoms with Gasteiger partial charge in [0.25, 0.3) is 0 Å². The van der Waals surface area contributed by atoms with Crippen LogP contribution in [0.15, 0.2) is 12.2 Å². The van der Waals surface area contributed by atoms with Gasteiger partial charge in [-0.3, -0.25) is 4.79 Å². The summed E-state index contributed by atoms with van der Waals surface area (Å²) in [4.78, 5) is 13.9. The highest BCUT2D eigenvalue weighted by atomic mass is 16.7. The van der Waals surface area contributed by atoms with Crippen LogP contribution in [0.2, 0.25) is 0 Å². The molecule has 24 heavy (non-hydrogen) atoms. The van der Waals surface area contributed by atoms with Crippen LogP contribution < -0.4 is 0 Å². The molecule has 0 aliphatic carbocycles. The minimum atomic E-state index is -0.810. The number of rotatable bonds is 6. The maximum absolute atomic E-state index is 12.0. The van der Waals surface area contributed by atoms with Gasteiger partial charge in [0.2, 0.25) is 5.91 Å². The van der Waals surface area contributed by atoms with Gasteiger partial charge in [0.1, 0.15) is 6.10 Å². The second-order valence-corrected chi connectivity index (χ2v) is 6.89. The van der Waals surface area contributed by atoms with Crippen LogP contribution >= 0.6 is 0 Å². The zero-order valence-electron chi connectivity index (χ0n) is 14.8. The van der Waals surface area contributed by atoms with Gasteiger partial charge in [-0.05, 0) is 52.0 Å². The zero-order chi connectivity index (χ0) is 17.5. The van der Waals surface area contributed by atoms with Crippen LogP contribution in [-0.2, 0) is 14.3 Å². The summed E-state index contributed by atoms with van der Waals surface area (Å²) in [6, 6.07) is 0. The molecule has 2 saturated heterocycles. The van der Waals surface area contributed by atoms with Gasteiger partial charge >= 0.3 is 0 Å². The normalized spacial score (nSPS) is 32.9. The van der Waals surface area contributed by atoms with Crippen LogP contribution in [0.25, 0.3) is 0 Å². The zero-order valence-corrected chi connectivity index (χ0v) is 14.8. The highest BCUT2D eigenvalue weighted by molar-refractivity contribution is 5.87. The number of ether oxygens (including phenoxy) is 2. The molecule has 2 fully saturated rings. The summed E-state index contributed by atoms with van der Waals surface area (Å²) in [7, 11) is 0. The van der Waals surface area contributed by atoms with Crippen molar-refractivity contribution in [3.8, 4) is 0 Å². The number of nitrogens with zero attached hydrogens (tertiary/aromatic N) is 1. The highest BCUT2D eigenvalue weighted by Crippen LogP contribution is 2.22. The molecule has 0 aromatic heterocycles. The predicted molar refractivity (Wildman–Crippen MR) is 90.3 cm³/mol. The molecule has 0 spiro atoms. The van der Waals surface area contributed by atoms with E-state index in [2.05, 4.69) is 0 Å². The minimum absolute atomic E-state index is 0.0946. The number of aliphatic hydroxyl groups is 2. The van der Waals surface area contributed by atoms with Crippen molar-refractivity contribution >= 4 is 5.91 Å². The molecule has 2 rings (SSSR count). The fraction of sp³-hybridized carbons (Fsp3) is 0.833. The van der Waals surface area contributed by atoms with E-state index in [9.17, 15) is 15.0 Å². The average Bonchev–Trinajstić information content (AvgIpc) is 2.57. The average molecular weight is 341 g/mol. The van der Waals surface area contributed by atoms with E-state index >= 15 is 0 Å². The number of aliphatic hydroxyl groups excluding tert-OH is 2. The Morgan fingerprint density at radius 2 is 2.00 bits per heavy atom. The van der Waals surface area contributed by atoms with E-state index in [0.717, 1.165) is 38.8 Å². The summed E-state index contributed by atoms with van der Waals surface area (Å²) in [5, 5.41) is 19.6. The van der Waals surface area contributed by atoms with Crippen molar-refractivity contribution in [3.05, 3.63) is 12.2 Å². The molecule has 2 heterocycles. The molecule has 0 saturated carbocycles. The van der Waals surface area contributed by atoms with Crippen LogP contribution in [0.5, 0.6) is 0 Å². The molecule has 2 aliphatic rings. The summed E-state index contributed by atoms with van der Waals surface area (Å²) in [5.74, 6) is 0.0946. The quantitative estimate of drug-likeness (QED) is 0.718. The van der Waals surface area contributed by atoms with Gasteiger partial charge in [-0.2, -0.15) is 0 Å². The number of amides is 1. The maximum Gasteiger partial charge on any atom is 0.246 e. The molecule has 5 atom stereocenters. The molecule has 2 aliphatic heterocycles. The first-order valence-corrected chi connectivity index (χ1v) is 9.10. The Morgan fingerprint density at radius 3 is 2.71 bits per heavy atom. The summed E-state index contributed by atoms with van der Waals surface area (Å²) in [6.45, 7) is 5.42. The van der Waals surface area contributed by atoms with Gasteiger partial charge in [0.05, 0.1) is 18.3 Å². The van der Waals surface area contributed by atoms with Gasteiger partial charge in [-0.25, -0.2) is 0 Å². The molecular weight excluding hydrogens is 310 g/mol. The highest BCUT2D eigenvalue weighted by Gasteiger charge is 2.35. The van der Waals surface area contributed by atoms with Gasteiger partial charge in [-0.15, -0.1) is 0 Å². The molecule has 2 N–H and O–H groups in total. The number of likely N-dealkylation sites (tertiary alicyclic amines) is 1. The van der Waals surface area contributed by atoms with Crippen molar-refractivity contribution in [2.75, 3.05) is 13.1 Å². The predicted octanol–water partition coefficient (Wildman–Crippen LogP) is 1.60. The SMILES string of the molecule is C[C@H](CC/C=C/C(=O)N1CCCCC1)OC1O[C@@H](C)C(O)C[C@H]1O. The first-order chi connectivity index (χ1) is 11.5. The lowest BCUT2D eigenvalue weighted by Gasteiger charge is -2.36. The first kappa shape index (κ1) is 19.4. The first-order valence-electron chi connectivity index (χ1n) is 9.10. The van der Waals surface area contributed by atoms with Crippen LogP contribution in [0.1, 0.15) is 52.4 Å². The largest absolute Gasteiger partial charge is 0.390 e. The fourth-order valence-corrected chi connectivity index (χ4v) is 3.10. The second-order valence-electron chi connectivity index (χ2n) is 6.89. The monoisotopic (exact) mass is 341 g/mol. The Morgan fingerprint density at radius 1 is 1.29 bits per heavy atom. The Balaban J connectivity index is 1.66. The number of carbonyl (C=O) groups excluding carboxylic acids is 1. The Bertz CT molecular complexity index is 422. The molecule has 6 nitrogen and oxygen atoms in total. The van der Waals surface area contributed by atoms with Gasteiger partial charge in [-0.1, -0.05) is 6.08 Å². The van der Waals surface area contributed by atoms with Crippen molar-refractivity contribution < 1.29 is 24.5 Å². The lowest BCUT2D eigenvalue weighted by molar-refractivity contribution is -0.273. The third kappa shape index (κ3) is 5.84. The van der Waals surface area contributed by atoms with E-state index in [-0.39, 0.29) is 24.5 Å². The molecule has 0 radical (unpaired) electrons. The number of hydrogen-bond donors (Lipinski definition) is 2. The van der Waals surface area contributed by atoms with Crippen molar-refractivity contribution in [1.29, 1.82) is 0 Å². The lowest BCUT2D eigenvalue weighted by atomic mass is 10.0. The van der Waals surface area contributed by atoms with Gasteiger partial charge in [0, 0.05) is 19.5 Å². The molecule has 1 amide bonds. The third-order valence-electron chi connectivity index (χ3n) is 4.72. The smallest absolute Gasteiger partial charge is 0.246 e. The van der Waals surface area contributed by atoms with Crippen molar-refractivity contribution in [3.63, 3.8) is 0 Å². The Hall–Kier alpha value is -0.950. The van der Waals surface area contributed by atoms with Crippen LogP contribution in [-0.4, -0.2) is 64.8 Å². The van der Waals surface area contributed by atoms with E-state index in [1.807, 2.05) is 17.9 Å². The number of allylic oxidation sites excluding steroid dienone is 1. The summed E-state index contributed by atoms with van der Waals surface area (Å²) >= 11 is 0. The topological polar surface area (TPSA) is 79.2 Å². The lowest BCUT2D eigenvalue weighted by Crippen LogP contribution is -2.48. The van der Waals surface area contributed by atoms with E-state index in [1.165, 1.54) is 6.42 Å². The third-order valence-corrected chi connectivity index (χ3v) is 4.72. The van der Waals surface area contributed by atoms with E-state index < -0.39 is 18.5 Å². The molecule has 0 aromatic carbocycles. The summed E-state index contributed by atoms with van der Waals surface area (Å²) < 4.78 is 11.2. The number of carbonyl (C=O) groups is 1.